The summed E-state index contributed by atoms with van der Waals surface area (Å²) >= 11 is 2.65. The minimum absolute atomic E-state index is 0.157. The van der Waals surface area contributed by atoms with E-state index in [9.17, 15) is 10.1 Å². The SMILES string of the molecule is Cc1csc([C@@H](C#N)C(=O)CSc2nnc(C)n2Cc2ccccc2)n1. The molecule has 0 bridgehead atoms. The van der Waals surface area contributed by atoms with Gasteiger partial charge in [-0.15, -0.1) is 21.5 Å². The summed E-state index contributed by atoms with van der Waals surface area (Å²) in [5, 5.41) is 20.7. The summed E-state index contributed by atoms with van der Waals surface area (Å²) < 4.78 is 1.97. The number of carbonyl (C=O) groups excluding carboxylic acids is 1. The number of hydrogen-bond acceptors (Lipinski definition) is 7. The third-order valence-electron chi connectivity index (χ3n) is 3.76. The Balaban J connectivity index is 1.70. The first-order chi connectivity index (χ1) is 12.6. The van der Waals surface area contributed by atoms with E-state index in [1.54, 1.807) is 0 Å². The number of thioether (sulfide) groups is 1. The van der Waals surface area contributed by atoms with Gasteiger partial charge in [0.2, 0.25) is 0 Å². The van der Waals surface area contributed by atoms with Crippen LogP contribution in [0.15, 0.2) is 40.9 Å². The number of aromatic nitrogens is 4. The van der Waals surface area contributed by atoms with Crippen LogP contribution in [0.4, 0.5) is 0 Å². The Morgan fingerprint density at radius 2 is 2.08 bits per heavy atom. The fraction of sp³-hybridized carbons (Fsp3) is 0.278. The molecule has 0 saturated heterocycles. The average molecular weight is 384 g/mol. The molecule has 0 N–H and O–H groups in total. The maximum absolute atomic E-state index is 12.5. The summed E-state index contributed by atoms with van der Waals surface area (Å²) in [7, 11) is 0. The number of Topliss-reactive ketones (excluding diaryl/α,β-unsaturated/α-hetero) is 1. The van der Waals surface area contributed by atoms with E-state index < -0.39 is 5.92 Å². The van der Waals surface area contributed by atoms with Gasteiger partial charge in [0.1, 0.15) is 10.8 Å². The zero-order chi connectivity index (χ0) is 18.5. The number of nitriles is 1. The summed E-state index contributed by atoms with van der Waals surface area (Å²) in [5.41, 5.74) is 1.96. The molecule has 2 heterocycles. The van der Waals surface area contributed by atoms with Crippen LogP contribution in [-0.2, 0) is 11.3 Å². The molecule has 26 heavy (non-hydrogen) atoms. The van der Waals surface area contributed by atoms with Gasteiger partial charge in [0, 0.05) is 11.1 Å². The highest BCUT2D eigenvalue weighted by atomic mass is 32.2. The molecular weight excluding hydrogens is 366 g/mol. The number of hydrogen-bond donors (Lipinski definition) is 0. The van der Waals surface area contributed by atoms with Crippen molar-refractivity contribution < 1.29 is 4.79 Å². The van der Waals surface area contributed by atoms with E-state index in [1.165, 1.54) is 23.1 Å². The van der Waals surface area contributed by atoms with E-state index in [2.05, 4.69) is 21.3 Å². The molecule has 0 aliphatic rings. The Kier molecular flexibility index (Phi) is 5.81. The van der Waals surface area contributed by atoms with E-state index >= 15 is 0 Å². The molecule has 0 aliphatic carbocycles. The van der Waals surface area contributed by atoms with Gasteiger partial charge in [0.05, 0.1) is 18.4 Å². The van der Waals surface area contributed by atoms with Crippen molar-refractivity contribution in [3.63, 3.8) is 0 Å². The van der Waals surface area contributed by atoms with Gasteiger partial charge in [-0.25, -0.2) is 4.98 Å². The van der Waals surface area contributed by atoms with E-state index in [1.807, 2.05) is 54.1 Å². The van der Waals surface area contributed by atoms with Gasteiger partial charge in [0.25, 0.3) is 0 Å². The van der Waals surface area contributed by atoms with Crippen LogP contribution < -0.4 is 0 Å². The van der Waals surface area contributed by atoms with Gasteiger partial charge in [-0.05, 0) is 19.4 Å². The lowest BCUT2D eigenvalue weighted by molar-refractivity contribution is -0.116. The van der Waals surface area contributed by atoms with E-state index in [0.717, 1.165) is 17.1 Å². The van der Waals surface area contributed by atoms with Crippen molar-refractivity contribution >= 4 is 28.9 Å². The topological polar surface area (TPSA) is 84.5 Å². The molecule has 0 radical (unpaired) electrons. The molecule has 0 fully saturated rings. The molecule has 3 rings (SSSR count). The van der Waals surface area contributed by atoms with Crippen LogP contribution in [0.1, 0.15) is 28.0 Å². The highest BCUT2D eigenvalue weighted by Crippen LogP contribution is 2.25. The van der Waals surface area contributed by atoms with Crippen molar-refractivity contribution in [1.82, 2.24) is 19.7 Å². The minimum atomic E-state index is -0.826. The van der Waals surface area contributed by atoms with Gasteiger partial charge in [-0.1, -0.05) is 42.1 Å². The summed E-state index contributed by atoms with van der Waals surface area (Å²) in [6.45, 7) is 4.38. The highest BCUT2D eigenvalue weighted by molar-refractivity contribution is 7.99. The third-order valence-corrected chi connectivity index (χ3v) is 5.78. The van der Waals surface area contributed by atoms with Crippen molar-refractivity contribution in [2.24, 2.45) is 0 Å². The standard InChI is InChI=1S/C18H17N5OS2/c1-12-10-25-17(20-12)15(8-19)16(24)11-26-18-22-21-13(2)23(18)9-14-6-4-3-5-7-14/h3-7,10,15H,9,11H2,1-2H3/t15-/m0/s1. The smallest absolute Gasteiger partial charge is 0.191 e. The fourth-order valence-electron chi connectivity index (χ4n) is 2.41. The van der Waals surface area contributed by atoms with Gasteiger partial charge in [-0.2, -0.15) is 5.26 Å². The summed E-state index contributed by atoms with van der Waals surface area (Å²) in [6.07, 6.45) is 0. The number of rotatable bonds is 7. The van der Waals surface area contributed by atoms with Crippen molar-refractivity contribution in [1.29, 1.82) is 5.26 Å². The van der Waals surface area contributed by atoms with Crippen LogP contribution in [0.25, 0.3) is 0 Å². The van der Waals surface area contributed by atoms with Crippen LogP contribution in [-0.4, -0.2) is 31.3 Å². The van der Waals surface area contributed by atoms with E-state index in [4.69, 9.17) is 0 Å². The summed E-state index contributed by atoms with van der Waals surface area (Å²) in [5.74, 6) is -0.0493. The maximum Gasteiger partial charge on any atom is 0.191 e. The zero-order valence-corrected chi connectivity index (χ0v) is 16.0. The molecule has 132 valence electrons. The fourth-order valence-corrected chi connectivity index (χ4v) is 4.16. The predicted octanol–water partition coefficient (Wildman–Crippen LogP) is 3.37. The first kappa shape index (κ1) is 18.3. The van der Waals surface area contributed by atoms with Crippen molar-refractivity contribution in [3.05, 3.63) is 57.8 Å². The number of benzene rings is 1. The Morgan fingerprint density at radius 3 is 2.73 bits per heavy atom. The Morgan fingerprint density at radius 1 is 1.31 bits per heavy atom. The van der Waals surface area contributed by atoms with Crippen molar-refractivity contribution in [3.8, 4) is 6.07 Å². The quantitative estimate of drug-likeness (QED) is 0.582. The monoisotopic (exact) mass is 383 g/mol. The molecule has 2 aromatic heterocycles. The van der Waals surface area contributed by atoms with Gasteiger partial charge >= 0.3 is 0 Å². The zero-order valence-electron chi connectivity index (χ0n) is 14.4. The van der Waals surface area contributed by atoms with Crippen LogP contribution in [0.5, 0.6) is 0 Å². The number of ketones is 1. The second-order valence-electron chi connectivity index (χ2n) is 5.75. The lowest BCUT2D eigenvalue weighted by Crippen LogP contribution is -2.14. The normalized spacial score (nSPS) is 11.9. The largest absolute Gasteiger partial charge is 0.302 e. The van der Waals surface area contributed by atoms with E-state index in [0.29, 0.717) is 16.7 Å². The predicted molar refractivity (Wildman–Crippen MR) is 101 cm³/mol. The molecule has 1 atom stereocenters. The molecule has 6 nitrogen and oxygen atoms in total. The van der Waals surface area contributed by atoms with Crippen molar-refractivity contribution in [2.75, 3.05) is 5.75 Å². The molecule has 0 amide bonds. The van der Waals surface area contributed by atoms with Crippen LogP contribution in [0.3, 0.4) is 0 Å². The van der Waals surface area contributed by atoms with Gasteiger partial charge < -0.3 is 4.57 Å². The molecule has 0 aliphatic heterocycles. The summed E-state index contributed by atoms with van der Waals surface area (Å²) in [6, 6.07) is 12.1. The molecule has 8 heteroatoms. The van der Waals surface area contributed by atoms with E-state index in [-0.39, 0.29) is 11.5 Å². The molecule has 0 spiro atoms. The lowest BCUT2D eigenvalue weighted by atomic mass is 10.1. The Labute approximate surface area is 159 Å². The number of carbonyl (C=O) groups is 1. The number of nitrogens with zero attached hydrogens (tertiary/aromatic N) is 5. The Bertz CT molecular complexity index is 942. The second kappa shape index (κ2) is 8.25. The van der Waals surface area contributed by atoms with Crippen molar-refractivity contribution in [2.45, 2.75) is 31.5 Å². The minimum Gasteiger partial charge on any atom is -0.302 e. The second-order valence-corrected chi connectivity index (χ2v) is 7.58. The highest BCUT2D eigenvalue weighted by Gasteiger charge is 2.24. The maximum atomic E-state index is 12.5. The molecule has 0 unspecified atom stereocenters. The molecule has 0 saturated carbocycles. The molecule has 3 aromatic rings. The molecular formula is C18H17N5OS2. The number of aryl methyl sites for hydroxylation is 2. The first-order valence-electron chi connectivity index (χ1n) is 7.99. The van der Waals surface area contributed by atoms with Crippen LogP contribution in [0.2, 0.25) is 0 Å². The lowest BCUT2D eigenvalue weighted by Gasteiger charge is -2.09. The molecule has 1 aromatic carbocycles. The van der Waals surface area contributed by atoms with Crippen LogP contribution in [0, 0.1) is 25.2 Å². The number of thiazole rings is 1. The first-order valence-corrected chi connectivity index (χ1v) is 9.86. The third kappa shape index (κ3) is 4.18. The van der Waals surface area contributed by atoms with Gasteiger partial charge in [0.15, 0.2) is 16.9 Å². The average Bonchev–Trinajstić information content (AvgIpc) is 3.21. The summed E-state index contributed by atoms with van der Waals surface area (Å²) in [4.78, 5) is 16.8. The Hall–Kier alpha value is -2.50. The van der Waals surface area contributed by atoms with Crippen LogP contribution >= 0.6 is 23.1 Å². The van der Waals surface area contributed by atoms with Gasteiger partial charge in [-0.3, -0.25) is 4.79 Å².